The molecular formula is C71H118N16O22S. The lowest BCUT2D eigenvalue weighted by Gasteiger charge is -2.29. The molecule has 1 aromatic rings. The van der Waals surface area contributed by atoms with Crippen LogP contribution < -0.4 is 86.7 Å². The van der Waals surface area contributed by atoms with Crippen molar-refractivity contribution in [1.29, 1.82) is 0 Å². The Labute approximate surface area is 645 Å². The van der Waals surface area contributed by atoms with Crippen LogP contribution in [0.3, 0.4) is 0 Å². The van der Waals surface area contributed by atoms with E-state index in [2.05, 4.69) is 76.4 Å². The molecule has 0 unspecified atom stereocenters. The van der Waals surface area contributed by atoms with Crippen molar-refractivity contribution in [3.63, 3.8) is 0 Å². The molecule has 0 heterocycles. The second-order valence-corrected chi connectivity index (χ2v) is 29.1. The molecule has 0 aliphatic rings. The fourth-order valence-corrected chi connectivity index (χ4v) is 11.2. The summed E-state index contributed by atoms with van der Waals surface area (Å²) in [6, 6.07) is -14.2. The molecule has 0 spiro atoms. The summed E-state index contributed by atoms with van der Waals surface area (Å²) >= 11 is 4.03. The van der Waals surface area contributed by atoms with Crippen LogP contribution in [0.5, 0.6) is 5.75 Å². The van der Waals surface area contributed by atoms with E-state index in [1.54, 1.807) is 55.4 Å². The van der Waals surface area contributed by atoms with Gasteiger partial charge in [-0.25, -0.2) is 0 Å². The van der Waals surface area contributed by atoms with E-state index in [1.807, 2.05) is 0 Å². The lowest BCUT2D eigenvalue weighted by atomic mass is 9.99. The molecule has 39 heteroatoms. The van der Waals surface area contributed by atoms with E-state index in [0.717, 1.165) is 0 Å². The second kappa shape index (κ2) is 51.6. The van der Waals surface area contributed by atoms with Gasteiger partial charge in [0.2, 0.25) is 76.8 Å². The Morgan fingerprint density at radius 3 is 0.864 bits per heavy atom. The van der Waals surface area contributed by atoms with Crippen molar-refractivity contribution in [1.82, 2.24) is 63.8 Å². The zero-order valence-corrected chi connectivity index (χ0v) is 65.0. The van der Waals surface area contributed by atoms with Gasteiger partial charge in [0.1, 0.15) is 78.3 Å². The summed E-state index contributed by atoms with van der Waals surface area (Å²) in [7, 11) is 0. The van der Waals surface area contributed by atoms with Crippen LogP contribution in [0.25, 0.3) is 0 Å². The average molecular weight is 1580 g/mol. The Kier molecular flexibility index (Phi) is 46.1. The van der Waals surface area contributed by atoms with Crippen molar-refractivity contribution in [2.75, 3.05) is 18.8 Å². The summed E-state index contributed by atoms with van der Waals surface area (Å²) in [5.74, 6) is -19.7. The fraction of sp³-hybridized carbons (Fsp3) is 0.676. The molecule has 0 bridgehead atoms. The third-order valence-corrected chi connectivity index (χ3v) is 17.4. The van der Waals surface area contributed by atoms with E-state index >= 15 is 0 Å². The van der Waals surface area contributed by atoms with E-state index in [1.165, 1.54) is 31.2 Å². The number of carboxylic acids is 4. The molecule has 0 saturated carbocycles. The predicted octanol–water partition coefficient (Wildman–Crippen LogP) is -2.58. The second-order valence-electron chi connectivity index (χ2n) is 28.8. The molecule has 0 aliphatic carbocycles. The molecule has 0 fully saturated rings. The highest BCUT2D eigenvalue weighted by molar-refractivity contribution is 7.80. The zero-order chi connectivity index (χ0) is 83.7. The number of carboxylic acid groups (broad SMARTS) is 4. The molecule has 1 aromatic carbocycles. The highest BCUT2D eigenvalue weighted by Gasteiger charge is 2.38. The van der Waals surface area contributed by atoms with Crippen LogP contribution in [0.4, 0.5) is 0 Å². The van der Waals surface area contributed by atoms with E-state index in [-0.39, 0.29) is 100 Å². The number of nitrogens with two attached hydrogens (primary N) is 4. The Bertz CT molecular complexity index is 3250. The first-order chi connectivity index (χ1) is 51.5. The summed E-state index contributed by atoms with van der Waals surface area (Å²) in [5, 5.41) is 78.7. The molecule has 110 heavy (non-hydrogen) atoms. The molecule has 1 rings (SSSR count). The van der Waals surface area contributed by atoms with Gasteiger partial charge in [0.25, 0.3) is 0 Å². The van der Waals surface area contributed by atoms with Gasteiger partial charge in [-0.2, -0.15) is 12.6 Å². The summed E-state index contributed by atoms with van der Waals surface area (Å²) < 4.78 is 0. The summed E-state index contributed by atoms with van der Waals surface area (Å²) in [6.07, 6.45) is -4.67. The monoisotopic (exact) mass is 1580 g/mol. The van der Waals surface area contributed by atoms with Gasteiger partial charge in [-0.15, -0.1) is 0 Å². The Morgan fingerprint density at radius 1 is 0.336 bits per heavy atom. The fourth-order valence-electron chi connectivity index (χ4n) is 11.1. The van der Waals surface area contributed by atoms with Crippen LogP contribution in [0.2, 0.25) is 0 Å². The van der Waals surface area contributed by atoms with E-state index < -0.39 is 236 Å². The number of aliphatic carboxylic acids is 4. The first-order valence-electron chi connectivity index (χ1n) is 36.9. The molecule has 0 radical (unpaired) electrons. The molecule has 25 N–H and O–H groups in total. The third-order valence-electron chi connectivity index (χ3n) is 17.0. The maximum atomic E-state index is 14.7. The summed E-state index contributed by atoms with van der Waals surface area (Å²) in [4.78, 5) is 229. The van der Waals surface area contributed by atoms with Gasteiger partial charge in [-0.1, -0.05) is 67.5 Å². The van der Waals surface area contributed by atoms with Crippen LogP contribution in [0.1, 0.15) is 183 Å². The van der Waals surface area contributed by atoms with E-state index in [4.69, 9.17) is 22.9 Å². The van der Waals surface area contributed by atoms with Gasteiger partial charge >= 0.3 is 23.9 Å². The lowest BCUT2D eigenvalue weighted by molar-refractivity contribution is -0.140. The number of aromatic hydroxyl groups is 1. The van der Waals surface area contributed by atoms with Crippen molar-refractivity contribution in [2.45, 2.75) is 263 Å². The van der Waals surface area contributed by atoms with Crippen molar-refractivity contribution < 1.29 is 107 Å². The smallest absolute Gasteiger partial charge is 0.303 e. The van der Waals surface area contributed by atoms with Crippen LogP contribution in [-0.4, -0.2) is 224 Å². The number of nitrogens with one attached hydrogen (secondary N) is 12. The van der Waals surface area contributed by atoms with Gasteiger partial charge in [-0.3, -0.25) is 81.5 Å². The first-order valence-corrected chi connectivity index (χ1v) is 37.5. The SMILES string of the molecule is CC(C)C[C@H](NC(=O)[C@H](CCC(=O)O)NC(=O)[C@H](CCCCN)NC(=O)[C@H](CCC(=O)O)NC(=O)[C@H](CC(C)C)NC(=O)[C@H](C)NC(=O)[C@H](Cc1ccc(O)cc1)NC(=O)[C@H](CC(C)C)NC(=O)[C@H](CCC(=O)O)NC(=O)[C@H](CCCCN)NC(=O)[C@H](CCC(=O)O)NC(=O)[C@H](CC(C)C)NC(=O)[C@@H](N)CS)C(N)=O. The number of phenolic OH excluding ortho intramolecular Hbond substituents is 1. The van der Waals surface area contributed by atoms with Gasteiger partial charge in [0.15, 0.2) is 0 Å². The lowest BCUT2D eigenvalue weighted by Crippen LogP contribution is -2.61. The Hall–Kier alpha value is -9.76. The van der Waals surface area contributed by atoms with Crippen LogP contribution in [0.15, 0.2) is 24.3 Å². The topological polar surface area (TPSA) is 640 Å². The maximum absolute atomic E-state index is 14.7. The van der Waals surface area contributed by atoms with Gasteiger partial charge in [0.05, 0.1) is 6.04 Å². The minimum Gasteiger partial charge on any atom is -0.508 e. The van der Waals surface area contributed by atoms with Crippen molar-refractivity contribution >= 4 is 113 Å². The summed E-state index contributed by atoms with van der Waals surface area (Å²) in [6.45, 7) is 15.2. The molecule has 0 aliphatic heterocycles. The Balaban J connectivity index is 3.76. The van der Waals surface area contributed by atoms with Gasteiger partial charge in [0, 0.05) is 37.9 Å². The number of unbranched alkanes of at least 4 members (excludes halogenated alkanes) is 2. The van der Waals surface area contributed by atoms with E-state index in [9.17, 15) is 107 Å². The predicted molar refractivity (Wildman–Crippen MR) is 403 cm³/mol. The van der Waals surface area contributed by atoms with Gasteiger partial charge < -0.3 is 112 Å². The number of hydrogen-bond acceptors (Lipinski definition) is 22. The number of primary amides is 1. The Morgan fingerprint density at radius 2 is 0.582 bits per heavy atom. The number of carbonyl (C=O) groups excluding carboxylic acids is 13. The highest BCUT2D eigenvalue weighted by Crippen LogP contribution is 2.17. The molecule has 13 amide bonds. The average Bonchev–Trinajstić information content (AvgIpc) is 0.860. The van der Waals surface area contributed by atoms with Crippen molar-refractivity contribution in [2.24, 2.45) is 46.6 Å². The van der Waals surface area contributed by atoms with Crippen molar-refractivity contribution in [3.8, 4) is 5.75 Å². The van der Waals surface area contributed by atoms with Crippen LogP contribution in [0, 0.1) is 23.7 Å². The number of amides is 13. The zero-order valence-electron chi connectivity index (χ0n) is 64.1. The van der Waals surface area contributed by atoms with Crippen molar-refractivity contribution in [3.05, 3.63) is 29.8 Å². The van der Waals surface area contributed by atoms with Gasteiger partial charge in [-0.05, 0) is 151 Å². The minimum atomic E-state index is -1.76. The molecular weight excluding hydrogens is 1460 g/mol. The molecule has 13 atom stereocenters. The number of carbonyl (C=O) groups is 17. The van der Waals surface area contributed by atoms with E-state index in [0.29, 0.717) is 18.4 Å². The standard InChI is InChI=1S/C71H118N16O22S/c1-36(2)30-50(59(75)97)83-66(104)48(22-26-57(93)94)79-62(100)44(14-10-12-28-72)77-64(102)46(20-24-55(89)90)81-69(107)51(31-37(3)4)84-60(98)40(9)76-68(106)54(34-41-16-18-42(88)19-17-41)87-71(109)53(33-39(7)8)86-67(105)49(23-27-58(95)96)80-63(101)45(15-11-13-29-73)78-65(103)47(21-25-56(91)92)82-70(108)52(32-38(5)6)85-61(99)43(74)35-110/h16-19,36-40,43-54,88,110H,10-15,20-35,72-74H2,1-9H3,(H2,75,97)(H,76,106)(H,77,102)(H,78,103)(H,79,100)(H,80,101)(H,81,107)(H,82,108)(H,83,104)(H,84,98)(H,85,99)(H,86,105)(H,87,109)(H,89,90)(H,91,92)(H,93,94)(H,95,96)/t40-,43-,44-,45-,46-,47-,48-,49-,50-,51-,52-,53-,54-/m0/s1. The molecule has 0 saturated heterocycles. The summed E-state index contributed by atoms with van der Waals surface area (Å²) in [5.41, 5.74) is 23.2. The maximum Gasteiger partial charge on any atom is 0.303 e. The molecule has 0 aromatic heterocycles. The van der Waals surface area contributed by atoms with Crippen LogP contribution >= 0.6 is 12.6 Å². The number of benzene rings is 1. The largest absolute Gasteiger partial charge is 0.508 e. The quantitative estimate of drug-likeness (QED) is 0.0235. The number of phenols is 1. The third kappa shape index (κ3) is 40.1. The number of rotatable bonds is 56. The molecule has 620 valence electrons. The number of thiol groups is 1. The normalized spacial score (nSPS) is 14.8. The first kappa shape index (κ1) is 98.2. The number of hydrogen-bond donors (Lipinski definition) is 22. The minimum absolute atomic E-state index is 0.0539. The van der Waals surface area contributed by atoms with Crippen LogP contribution in [-0.2, 0) is 87.9 Å². The highest BCUT2D eigenvalue weighted by atomic mass is 32.1. The molecule has 38 nitrogen and oxygen atoms in total.